The summed E-state index contributed by atoms with van der Waals surface area (Å²) in [6, 6.07) is 1.96. The van der Waals surface area contributed by atoms with E-state index in [1.165, 1.54) is 7.05 Å². The quantitative estimate of drug-likeness (QED) is 0.651. The lowest BCUT2D eigenvalue weighted by molar-refractivity contribution is -0.119. The molecule has 1 aromatic carbocycles. The first-order valence-corrected chi connectivity index (χ1v) is 4.61. The van der Waals surface area contributed by atoms with Gasteiger partial charge in [-0.05, 0) is 6.07 Å². The second-order valence-corrected chi connectivity index (χ2v) is 3.70. The zero-order valence-electron chi connectivity index (χ0n) is 8.28. The normalized spacial score (nSPS) is 11.6. The van der Waals surface area contributed by atoms with Gasteiger partial charge in [-0.3, -0.25) is 0 Å². The van der Waals surface area contributed by atoms with Gasteiger partial charge in [0.2, 0.25) is 0 Å². The van der Waals surface area contributed by atoms with Crippen LogP contribution in [0.1, 0.15) is 0 Å². The Kier molecular flexibility index (Phi) is 3.52. The molecular formula is C9H9ClF4N2. The average molecular weight is 257 g/mol. The third-order valence-electron chi connectivity index (χ3n) is 1.90. The molecule has 0 fully saturated rings. The molecule has 0 amide bonds. The van der Waals surface area contributed by atoms with E-state index in [1.807, 2.05) is 0 Å². The summed E-state index contributed by atoms with van der Waals surface area (Å²) >= 11 is 5.43. The Hall–Kier alpha value is -1.17. The predicted octanol–water partition coefficient (Wildman–Crippen LogP) is 3.06. The first-order chi connectivity index (χ1) is 7.20. The number of halogens is 5. The molecule has 2 nitrogen and oxygen atoms in total. The number of rotatable bonds is 2. The summed E-state index contributed by atoms with van der Waals surface area (Å²) in [5.41, 5.74) is 5.41. The van der Waals surface area contributed by atoms with Crippen LogP contribution in [0.5, 0.6) is 0 Å². The Balaban J connectivity index is 3.00. The highest BCUT2D eigenvalue weighted by Crippen LogP contribution is 2.30. The molecule has 0 aliphatic rings. The van der Waals surface area contributed by atoms with Gasteiger partial charge in [-0.1, -0.05) is 11.6 Å². The number of nitrogens with zero attached hydrogens (tertiary/aromatic N) is 1. The fraction of sp³-hybridized carbons (Fsp3) is 0.333. The molecule has 0 atom stereocenters. The summed E-state index contributed by atoms with van der Waals surface area (Å²) in [7, 11) is 1.17. The van der Waals surface area contributed by atoms with Crippen LogP contribution in [0.25, 0.3) is 0 Å². The van der Waals surface area contributed by atoms with Gasteiger partial charge in [-0.25, -0.2) is 4.39 Å². The second-order valence-electron chi connectivity index (χ2n) is 3.30. The lowest BCUT2D eigenvalue weighted by Crippen LogP contribution is -2.31. The van der Waals surface area contributed by atoms with Crippen molar-refractivity contribution in [1.82, 2.24) is 0 Å². The standard InChI is InChI=1S/C9H9ClF4N2/c1-16(4-9(12,13)14)8-3-6(11)5(10)2-7(8)15/h2-3H,4,15H2,1H3. The molecule has 0 saturated carbocycles. The zero-order chi connectivity index (χ0) is 12.5. The van der Waals surface area contributed by atoms with Gasteiger partial charge < -0.3 is 10.6 Å². The highest BCUT2D eigenvalue weighted by Gasteiger charge is 2.30. The van der Waals surface area contributed by atoms with Crippen molar-refractivity contribution in [3.05, 3.63) is 23.0 Å². The largest absolute Gasteiger partial charge is 0.405 e. The smallest absolute Gasteiger partial charge is 0.397 e. The summed E-state index contributed by atoms with van der Waals surface area (Å²) in [5, 5.41) is -0.221. The van der Waals surface area contributed by atoms with Crippen molar-refractivity contribution in [3.63, 3.8) is 0 Å². The van der Waals surface area contributed by atoms with Crippen LogP contribution in [0.4, 0.5) is 28.9 Å². The molecular weight excluding hydrogens is 248 g/mol. The first kappa shape index (κ1) is 12.9. The molecule has 16 heavy (non-hydrogen) atoms. The van der Waals surface area contributed by atoms with Crippen LogP contribution in [0, 0.1) is 5.82 Å². The third-order valence-corrected chi connectivity index (χ3v) is 2.19. The van der Waals surface area contributed by atoms with E-state index in [0.29, 0.717) is 0 Å². The summed E-state index contributed by atoms with van der Waals surface area (Å²) in [5.74, 6) is -0.806. The van der Waals surface area contributed by atoms with E-state index >= 15 is 0 Å². The molecule has 0 saturated heterocycles. The van der Waals surface area contributed by atoms with E-state index in [0.717, 1.165) is 17.0 Å². The van der Waals surface area contributed by atoms with Gasteiger partial charge >= 0.3 is 6.18 Å². The Labute approximate surface area is 94.6 Å². The maximum atomic E-state index is 13.1. The first-order valence-electron chi connectivity index (χ1n) is 4.23. The van der Waals surface area contributed by atoms with Crippen molar-refractivity contribution in [2.45, 2.75) is 6.18 Å². The van der Waals surface area contributed by atoms with E-state index < -0.39 is 18.5 Å². The van der Waals surface area contributed by atoms with E-state index in [9.17, 15) is 17.6 Å². The molecule has 0 aliphatic carbocycles. The Bertz CT molecular complexity index is 392. The van der Waals surface area contributed by atoms with Crippen molar-refractivity contribution in [2.75, 3.05) is 24.2 Å². The second kappa shape index (κ2) is 4.37. The fourth-order valence-electron chi connectivity index (χ4n) is 1.24. The van der Waals surface area contributed by atoms with Crippen LogP contribution >= 0.6 is 11.6 Å². The van der Waals surface area contributed by atoms with Crippen LogP contribution in [0.2, 0.25) is 5.02 Å². The number of nitrogen functional groups attached to an aromatic ring is 1. The zero-order valence-corrected chi connectivity index (χ0v) is 9.03. The molecule has 90 valence electrons. The molecule has 0 unspecified atom stereocenters. The topological polar surface area (TPSA) is 29.3 Å². The lowest BCUT2D eigenvalue weighted by Gasteiger charge is -2.22. The fourth-order valence-corrected chi connectivity index (χ4v) is 1.41. The summed E-state index contributed by atoms with van der Waals surface area (Å²) in [4.78, 5) is 0.814. The van der Waals surface area contributed by atoms with Crippen molar-refractivity contribution in [2.24, 2.45) is 0 Å². The number of hydrogen-bond donors (Lipinski definition) is 1. The maximum absolute atomic E-state index is 13.1. The van der Waals surface area contributed by atoms with Crippen molar-refractivity contribution >= 4 is 23.0 Å². The molecule has 0 bridgehead atoms. The maximum Gasteiger partial charge on any atom is 0.405 e. The highest BCUT2D eigenvalue weighted by atomic mass is 35.5. The van der Waals surface area contributed by atoms with Crippen LogP contribution in [-0.4, -0.2) is 19.8 Å². The van der Waals surface area contributed by atoms with E-state index in [4.69, 9.17) is 17.3 Å². The number of anilines is 2. The minimum atomic E-state index is -4.38. The number of hydrogen-bond acceptors (Lipinski definition) is 2. The third kappa shape index (κ3) is 3.16. The Morgan fingerprint density at radius 3 is 2.44 bits per heavy atom. The lowest BCUT2D eigenvalue weighted by atomic mass is 10.2. The van der Waals surface area contributed by atoms with E-state index in [2.05, 4.69) is 0 Å². The van der Waals surface area contributed by atoms with Crippen LogP contribution < -0.4 is 10.6 Å². The minimum absolute atomic E-state index is 0.00171. The van der Waals surface area contributed by atoms with Crippen LogP contribution in [0.3, 0.4) is 0 Å². The Morgan fingerprint density at radius 2 is 1.94 bits per heavy atom. The molecule has 1 aromatic rings. The van der Waals surface area contributed by atoms with Gasteiger partial charge in [-0.15, -0.1) is 0 Å². The van der Waals surface area contributed by atoms with Gasteiger partial charge in [0.15, 0.2) is 0 Å². The average Bonchev–Trinajstić information content (AvgIpc) is 2.08. The van der Waals surface area contributed by atoms with E-state index in [-0.39, 0.29) is 16.4 Å². The highest BCUT2D eigenvalue weighted by molar-refractivity contribution is 6.31. The van der Waals surface area contributed by atoms with Gasteiger partial charge in [-0.2, -0.15) is 13.2 Å². The van der Waals surface area contributed by atoms with E-state index in [1.54, 1.807) is 0 Å². The van der Waals surface area contributed by atoms with Crippen molar-refractivity contribution in [3.8, 4) is 0 Å². The molecule has 2 N–H and O–H groups in total. The monoisotopic (exact) mass is 256 g/mol. The number of alkyl halides is 3. The summed E-state index contributed by atoms with van der Waals surface area (Å²) in [6.07, 6.45) is -4.38. The molecule has 0 aromatic heterocycles. The number of nitrogens with two attached hydrogens (primary N) is 1. The SMILES string of the molecule is CN(CC(F)(F)F)c1cc(F)c(Cl)cc1N. The van der Waals surface area contributed by atoms with Gasteiger partial charge in [0, 0.05) is 13.1 Å². The number of benzene rings is 1. The summed E-state index contributed by atoms with van der Waals surface area (Å²) < 4.78 is 49.4. The molecule has 0 radical (unpaired) electrons. The van der Waals surface area contributed by atoms with Crippen molar-refractivity contribution in [1.29, 1.82) is 0 Å². The van der Waals surface area contributed by atoms with Gasteiger partial charge in [0.25, 0.3) is 0 Å². The molecule has 7 heteroatoms. The van der Waals surface area contributed by atoms with Crippen LogP contribution in [0.15, 0.2) is 12.1 Å². The molecule has 0 spiro atoms. The van der Waals surface area contributed by atoms with Crippen molar-refractivity contribution < 1.29 is 17.6 Å². The molecule has 1 rings (SSSR count). The van der Waals surface area contributed by atoms with Crippen LogP contribution in [-0.2, 0) is 0 Å². The Morgan fingerprint density at radius 1 is 1.38 bits per heavy atom. The summed E-state index contributed by atoms with van der Waals surface area (Å²) in [6.45, 7) is -1.21. The predicted molar refractivity (Wildman–Crippen MR) is 55.1 cm³/mol. The molecule has 0 heterocycles. The minimum Gasteiger partial charge on any atom is -0.397 e. The molecule has 0 aliphatic heterocycles. The van der Waals surface area contributed by atoms with Gasteiger partial charge in [0.1, 0.15) is 12.4 Å². The van der Waals surface area contributed by atoms with Gasteiger partial charge in [0.05, 0.1) is 16.4 Å².